The van der Waals surface area contributed by atoms with Gasteiger partial charge in [-0.2, -0.15) is 0 Å². The summed E-state index contributed by atoms with van der Waals surface area (Å²) in [6.45, 7) is 8.26. The van der Waals surface area contributed by atoms with Crippen molar-refractivity contribution < 1.29 is 0 Å². The highest BCUT2D eigenvalue weighted by atomic mass is 14.8. The SMILES string of the molecule is C=C(CC)c1ccc(C)cc1NC. The van der Waals surface area contributed by atoms with Gasteiger partial charge in [0.15, 0.2) is 0 Å². The smallest absolute Gasteiger partial charge is 0.0416 e. The zero-order chi connectivity index (χ0) is 9.84. The molecule has 1 heteroatoms. The maximum atomic E-state index is 4.04. The first-order chi connectivity index (χ1) is 6.19. The second kappa shape index (κ2) is 4.13. The molecule has 0 spiro atoms. The third-order valence-corrected chi connectivity index (χ3v) is 2.25. The molecule has 0 saturated carbocycles. The second-order valence-corrected chi connectivity index (χ2v) is 3.26. The van der Waals surface area contributed by atoms with Crippen LogP contribution in [0.3, 0.4) is 0 Å². The van der Waals surface area contributed by atoms with Crippen molar-refractivity contribution in [1.29, 1.82) is 0 Å². The van der Waals surface area contributed by atoms with Gasteiger partial charge in [0.05, 0.1) is 0 Å². The largest absolute Gasteiger partial charge is 0.388 e. The van der Waals surface area contributed by atoms with Gasteiger partial charge in [-0.15, -0.1) is 0 Å². The van der Waals surface area contributed by atoms with Crippen molar-refractivity contribution in [3.05, 3.63) is 35.9 Å². The quantitative estimate of drug-likeness (QED) is 0.741. The van der Waals surface area contributed by atoms with E-state index in [0.717, 1.165) is 6.42 Å². The van der Waals surface area contributed by atoms with Gasteiger partial charge in [0.1, 0.15) is 0 Å². The highest BCUT2D eigenvalue weighted by Crippen LogP contribution is 2.25. The van der Waals surface area contributed by atoms with Crippen LogP contribution in [0.15, 0.2) is 24.8 Å². The molecule has 13 heavy (non-hydrogen) atoms. The van der Waals surface area contributed by atoms with Gasteiger partial charge >= 0.3 is 0 Å². The molecule has 70 valence electrons. The summed E-state index contributed by atoms with van der Waals surface area (Å²) in [5.41, 5.74) is 4.86. The van der Waals surface area contributed by atoms with E-state index in [0.29, 0.717) is 0 Å². The average molecular weight is 175 g/mol. The van der Waals surface area contributed by atoms with Gasteiger partial charge in [-0.3, -0.25) is 0 Å². The molecule has 1 aromatic rings. The summed E-state index contributed by atoms with van der Waals surface area (Å²) in [6, 6.07) is 6.40. The van der Waals surface area contributed by atoms with E-state index in [1.165, 1.54) is 22.4 Å². The normalized spacial score (nSPS) is 9.77. The van der Waals surface area contributed by atoms with Gasteiger partial charge in [-0.05, 0) is 30.5 Å². The molecule has 0 aliphatic heterocycles. The minimum absolute atomic E-state index is 0.998. The van der Waals surface area contributed by atoms with Crippen molar-refractivity contribution in [2.24, 2.45) is 0 Å². The Morgan fingerprint density at radius 2 is 2.15 bits per heavy atom. The molecule has 0 aliphatic rings. The Bertz CT molecular complexity index is 313. The number of allylic oxidation sites excluding steroid dienone is 1. The Morgan fingerprint density at radius 1 is 1.46 bits per heavy atom. The van der Waals surface area contributed by atoms with Gasteiger partial charge < -0.3 is 5.32 Å². The minimum Gasteiger partial charge on any atom is -0.388 e. The molecule has 0 heterocycles. The number of hydrogen-bond acceptors (Lipinski definition) is 1. The molecule has 0 saturated heterocycles. The van der Waals surface area contributed by atoms with E-state index < -0.39 is 0 Å². The summed E-state index contributed by atoms with van der Waals surface area (Å²) in [4.78, 5) is 0. The molecular formula is C12H17N. The van der Waals surface area contributed by atoms with Crippen LogP contribution in [0.5, 0.6) is 0 Å². The number of nitrogens with one attached hydrogen (secondary N) is 1. The van der Waals surface area contributed by atoms with Crippen molar-refractivity contribution in [2.45, 2.75) is 20.3 Å². The summed E-state index contributed by atoms with van der Waals surface area (Å²) >= 11 is 0. The molecule has 0 bridgehead atoms. The summed E-state index contributed by atoms with van der Waals surface area (Å²) in [7, 11) is 1.95. The van der Waals surface area contributed by atoms with Gasteiger partial charge in [-0.25, -0.2) is 0 Å². The lowest BCUT2D eigenvalue weighted by molar-refractivity contribution is 1.24. The maximum Gasteiger partial charge on any atom is 0.0416 e. The van der Waals surface area contributed by atoms with Gasteiger partial charge in [0.2, 0.25) is 0 Å². The first kappa shape index (κ1) is 9.85. The van der Waals surface area contributed by atoms with Crippen LogP contribution < -0.4 is 5.32 Å². The third-order valence-electron chi connectivity index (χ3n) is 2.25. The van der Waals surface area contributed by atoms with E-state index in [1.807, 2.05) is 7.05 Å². The Labute approximate surface area is 80.5 Å². The highest BCUT2D eigenvalue weighted by Gasteiger charge is 2.02. The molecule has 0 aliphatic carbocycles. The zero-order valence-corrected chi connectivity index (χ0v) is 8.65. The molecule has 0 amide bonds. The van der Waals surface area contributed by atoms with Crippen LogP contribution in [0.1, 0.15) is 24.5 Å². The molecule has 1 aromatic carbocycles. The van der Waals surface area contributed by atoms with Crippen molar-refractivity contribution in [1.82, 2.24) is 0 Å². The Kier molecular flexibility index (Phi) is 3.13. The van der Waals surface area contributed by atoms with Gasteiger partial charge in [-0.1, -0.05) is 25.6 Å². The van der Waals surface area contributed by atoms with Gasteiger partial charge in [0, 0.05) is 18.3 Å². The molecular weight excluding hydrogens is 158 g/mol. The van der Waals surface area contributed by atoms with Crippen molar-refractivity contribution in [3.63, 3.8) is 0 Å². The minimum atomic E-state index is 0.998. The lowest BCUT2D eigenvalue weighted by atomic mass is 10.0. The van der Waals surface area contributed by atoms with Crippen LogP contribution in [-0.2, 0) is 0 Å². The van der Waals surface area contributed by atoms with Gasteiger partial charge in [0.25, 0.3) is 0 Å². The maximum absolute atomic E-state index is 4.04. The van der Waals surface area contributed by atoms with E-state index in [2.05, 4.69) is 43.9 Å². The molecule has 0 fully saturated rings. The van der Waals surface area contributed by atoms with E-state index in [1.54, 1.807) is 0 Å². The lowest BCUT2D eigenvalue weighted by Crippen LogP contribution is -1.94. The van der Waals surface area contributed by atoms with Crippen LogP contribution in [0.25, 0.3) is 5.57 Å². The second-order valence-electron chi connectivity index (χ2n) is 3.26. The van der Waals surface area contributed by atoms with Crippen LogP contribution >= 0.6 is 0 Å². The molecule has 0 unspecified atom stereocenters. The summed E-state index contributed by atoms with van der Waals surface area (Å²) in [5.74, 6) is 0. The first-order valence-corrected chi connectivity index (χ1v) is 4.65. The fourth-order valence-corrected chi connectivity index (χ4v) is 1.36. The van der Waals surface area contributed by atoms with Crippen LogP contribution in [-0.4, -0.2) is 7.05 Å². The Morgan fingerprint density at radius 3 is 2.69 bits per heavy atom. The van der Waals surface area contributed by atoms with Crippen molar-refractivity contribution in [2.75, 3.05) is 12.4 Å². The number of hydrogen-bond donors (Lipinski definition) is 1. The van der Waals surface area contributed by atoms with Crippen LogP contribution in [0, 0.1) is 6.92 Å². The lowest BCUT2D eigenvalue weighted by Gasteiger charge is -2.10. The zero-order valence-electron chi connectivity index (χ0n) is 8.65. The molecule has 0 aromatic heterocycles. The first-order valence-electron chi connectivity index (χ1n) is 4.65. The molecule has 1 rings (SSSR count). The van der Waals surface area contributed by atoms with Crippen LogP contribution in [0.2, 0.25) is 0 Å². The highest BCUT2D eigenvalue weighted by molar-refractivity contribution is 5.75. The van der Waals surface area contributed by atoms with E-state index in [-0.39, 0.29) is 0 Å². The molecule has 0 atom stereocenters. The summed E-state index contributed by atoms with van der Waals surface area (Å²) < 4.78 is 0. The van der Waals surface area contributed by atoms with E-state index in [4.69, 9.17) is 0 Å². The fraction of sp³-hybridized carbons (Fsp3) is 0.333. The fourth-order valence-electron chi connectivity index (χ4n) is 1.36. The van der Waals surface area contributed by atoms with E-state index >= 15 is 0 Å². The molecule has 1 nitrogen and oxygen atoms in total. The Hall–Kier alpha value is -1.24. The number of anilines is 1. The topological polar surface area (TPSA) is 12.0 Å². The third kappa shape index (κ3) is 2.11. The number of benzene rings is 1. The average Bonchev–Trinajstić information content (AvgIpc) is 2.16. The number of aryl methyl sites for hydroxylation is 1. The molecule has 1 N–H and O–H groups in total. The predicted octanol–water partition coefficient (Wildman–Crippen LogP) is 3.46. The standard InChI is InChI=1S/C12H17N/c1-5-10(3)11-7-6-9(2)8-12(11)13-4/h6-8,13H,3,5H2,1-2,4H3. The monoisotopic (exact) mass is 175 g/mol. The summed E-state index contributed by atoms with van der Waals surface area (Å²) in [6.07, 6.45) is 0.998. The predicted molar refractivity (Wildman–Crippen MR) is 60.1 cm³/mol. The Balaban J connectivity index is 3.13. The molecule has 0 radical (unpaired) electrons. The van der Waals surface area contributed by atoms with Crippen molar-refractivity contribution >= 4 is 11.3 Å². The van der Waals surface area contributed by atoms with E-state index in [9.17, 15) is 0 Å². The van der Waals surface area contributed by atoms with Crippen molar-refractivity contribution in [3.8, 4) is 0 Å². The van der Waals surface area contributed by atoms with Crippen LogP contribution in [0.4, 0.5) is 5.69 Å². The number of rotatable bonds is 3. The summed E-state index contributed by atoms with van der Waals surface area (Å²) in [5, 5.41) is 3.19.